The minimum absolute atomic E-state index is 0.111. The average Bonchev–Trinajstić information content (AvgIpc) is 2.79. The van der Waals surface area contributed by atoms with Gasteiger partial charge in [-0.15, -0.1) is 0 Å². The SMILES string of the molecule is C=C/C=C\C(=C/C)NC(=O)CN(CCN(CCNCCC)CC(=O)O)CC(=O)O.CC.CC. The molecule has 9 heteroatoms. The fraction of sp³-hybridized carbons (Fsp3) is 0.625. The lowest BCUT2D eigenvalue weighted by Crippen LogP contribution is -2.45. The Morgan fingerprint density at radius 1 is 0.879 bits per heavy atom. The number of rotatable bonds is 17. The van der Waals surface area contributed by atoms with E-state index in [4.69, 9.17) is 10.2 Å². The standard InChI is InChI=1S/C20H34N4O5.2C2H6/c1-4-7-8-17(6-3)22-18(25)14-24(16-20(28)29)13-12-23(15-19(26)27)11-10-21-9-5-2;2*1-2/h4,6-8,21H,1,5,9-16H2,2-3H3,(H,22,25)(H,26,27)(H,28,29);2*1-2H3/b8-7-,17-6+;;. The van der Waals surface area contributed by atoms with E-state index >= 15 is 0 Å². The van der Waals surface area contributed by atoms with Crippen molar-refractivity contribution in [1.29, 1.82) is 0 Å². The smallest absolute Gasteiger partial charge is 0.317 e. The summed E-state index contributed by atoms with van der Waals surface area (Å²) in [5, 5.41) is 24.1. The van der Waals surface area contributed by atoms with Gasteiger partial charge in [-0.25, -0.2) is 0 Å². The first-order valence-electron chi connectivity index (χ1n) is 11.7. The molecule has 0 aliphatic carbocycles. The molecule has 0 aromatic heterocycles. The van der Waals surface area contributed by atoms with Gasteiger partial charge in [-0.2, -0.15) is 0 Å². The highest BCUT2D eigenvalue weighted by Gasteiger charge is 2.17. The van der Waals surface area contributed by atoms with Crippen LogP contribution in [0.25, 0.3) is 0 Å². The van der Waals surface area contributed by atoms with E-state index < -0.39 is 11.9 Å². The van der Waals surface area contributed by atoms with Gasteiger partial charge in [-0.3, -0.25) is 24.2 Å². The number of carboxylic acid groups (broad SMARTS) is 2. The molecular formula is C24H46N4O5. The number of carbonyl (C=O) groups is 3. The van der Waals surface area contributed by atoms with Gasteiger partial charge in [-0.1, -0.05) is 59.4 Å². The highest BCUT2D eigenvalue weighted by molar-refractivity contribution is 5.81. The molecule has 4 N–H and O–H groups in total. The average molecular weight is 471 g/mol. The number of nitrogens with zero attached hydrogens (tertiary/aromatic N) is 2. The van der Waals surface area contributed by atoms with E-state index in [0.29, 0.717) is 25.3 Å². The van der Waals surface area contributed by atoms with Gasteiger partial charge in [0.1, 0.15) is 0 Å². The largest absolute Gasteiger partial charge is 0.480 e. The van der Waals surface area contributed by atoms with Crippen LogP contribution in [-0.4, -0.2) is 90.2 Å². The lowest BCUT2D eigenvalue weighted by atomic mass is 10.3. The van der Waals surface area contributed by atoms with Crippen LogP contribution in [0.5, 0.6) is 0 Å². The summed E-state index contributed by atoms with van der Waals surface area (Å²) in [4.78, 5) is 37.7. The Balaban J connectivity index is -0.00000212. The van der Waals surface area contributed by atoms with E-state index in [-0.39, 0.29) is 32.1 Å². The summed E-state index contributed by atoms with van der Waals surface area (Å²) in [6, 6.07) is 0. The molecule has 0 saturated heterocycles. The van der Waals surface area contributed by atoms with Gasteiger partial charge in [0, 0.05) is 31.9 Å². The van der Waals surface area contributed by atoms with Gasteiger partial charge in [0.05, 0.1) is 19.6 Å². The molecule has 1 amide bonds. The first kappa shape index (κ1) is 35.1. The zero-order chi connectivity index (χ0) is 26.1. The molecule has 33 heavy (non-hydrogen) atoms. The Bertz CT molecular complexity index is 591. The van der Waals surface area contributed by atoms with Crippen LogP contribution in [0.2, 0.25) is 0 Å². The number of carboxylic acids is 2. The maximum absolute atomic E-state index is 12.3. The molecule has 0 heterocycles. The lowest BCUT2D eigenvalue weighted by molar-refractivity contribution is -0.140. The second-order valence-corrected chi connectivity index (χ2v) is 6.41. The van der Waals surface area contributed by atoms with E-state index in [1.807, 2.05) is 34.6 Å². The molecule has 0 aliphatic rings. The topological polar surface area (TPSA) is 122 Å². The van der Waals surface area contributed by atoms with E-state index in [1.165, 1.54) is 4.90 Å². The minimum Gasteiger partial charge on any atom is -0.480 e. The number of amides is 1. The fourth-order valence-electron chi connectivity index (χ4n) is 2.47. The highest BCUT2D eigenvalue weighted by atomic mass is 16.4. The van der Waals surface area contributed by atoms with E-state index in [9.17, 15) is 14.4 Å². The van der Waals surface area contributed by atoms with Gasteiger partial charge in [0.15, 0.2) is 0 Å². The first-order chi connectivity index (χ1) is 15.8. The maximum atomic E-state index is 12.3. The van der Waals surface area contributed by atoms with Crippen LogP contribution in [0, 0.1) is 0 Å². The van der Waals surface area contributed by atoms with Crippen molar-refractivity contribution in [2.45, 2.75) is 48.0 Å². The molecule has 0 aliphatic heterocycles. The molecule has 0 aromatic carbocycles. The van der Waals surface area contributed by atoms with Crippen molar-refractivity contribution in [3.05, 3.63) is 36.6 Å². The molecule has 9 nitrogen and oxygen atoms in total. The van der Waals surface area contributed by atoms with Crippen molar-refractivity contribution in [2.24, 2.45) is 0 Å². The van der Waals surface area contributed by atoms with Crippen molar-refractivity contribution in [1.82, 2.24) is 20.4 Å². The van der Waals surface area contributed by atoms with Crippen LogP contribution in [-0.2, 0) is 14.4 Å². The highest BCUT2D eigenvalue weighted by Crippen LogP contribution is 1.97. The van der Waals surface area contributed by atoms with Crippen molar-refractivity contribution in [2.75, 3.05) is 52.4 Å². The van der Waals surface area contributed by atoms with Crippen LogP contribution in [0.15, 0.2) is 36.6 Å². The summed E-state index contributed by atoms with van der Waals surface area (Å²) >= 11 is 0. The molecule has 192 valence electrons. The molecule has 0 bridgehead atoms. The fourth-order valence-corrected chi connectivity index (χ4v) is 2.47. The van der Waals surface area contributed by atoms with Gasteiger partial charge in [0.25, 0.3) is 0 Å². The zero-order valence-corrected chi connectivity index (χ0v) is 21.4. The van der Waals surface area contributed by atoms with E-state index in [1.54, 1.807) is 36.1 Å². The first-order valence-corrected chi connectivity index (χ1v) is 11.7. The molecule has 0 aromatic rings. The lowest BCUT2D eigenvalue weighted by Gasteiger charge is -2.25. The van der Waals surface area contributed by atoms with Crippen molar-refractivity contribution >= 4 is 17.8 Å². The summed E-state index contributed by atoms with van der Waals surface area (Å²) in [5.74, 6) is -2.35. The number of hydrogen-bond donors (Lipinski definition) is 4. The van der Waals surface area contributed by atoms with Crippen LogP contribution >= 0.6 is 0 Å². The predicted molar refractivity (Wildman–Crippen MR) is 135 cm³/mol. The Morgan fingerprint density at radius 2 is 1.42 bits per heavy atom. The van der Waals surface area contributed by atoms with E-state index in [2.05, 4.69) is 17.2 Å². The number of carbonyl (C=O) groups excluding carboxylic acids is 1. The molecule has 0 atom stereocenters. The van der Waals surface area contributed by atoms with Crippen LogP contribution < -0.4 is 10.6 Å². The number of aliphatic carboxylic acids is 2. The van der Waals surface area contributed by atoms with Gasteiger partial charge >= 0.3 is 11.9 Å². The number of nitrogens with one attached hydrogen (secondary N) is 2. The van der Waals surface area contributed by atoms with Crippen LogP contribution in [0.4, 0.5) is 0 Å². The Kier molecular flexibility index (Phi) is 27.4. The molecule has 0 rings (SSSR count). The molecule has 0 spiro atoms. The number of allylic oxidation sites excluding steroid dienone is 4. The van der Waals surface area contributed by atoms with E-state index in [0.717, 1.165) is 13.0 Å². The molecule has 0 saturated carbocycles. The second-order valence-electron chi connectivity index (χ2n) is 6.41. The third-order valence-corrected chi connectivity index (χ3v) is 3.86. The Morgan fingerprint density at radius 3 is 1.91 bits per heavy atom. The summed E-state index contributed by atoms with van der Waals surface area (Å²) < 4.78 is 0. The molecule has 0 fully saturated rings. The Hall–Kier alpha value is -2.49. The van der Waals surface area contributed by atoms with Gasteiger partial charge < -0.3 is 20.8 Å². The maximum Gasteiger partial charge on any atom is 0.317 e. The third-order valence-electron chi connectivity index (χ3n) is 3.86. The summed E-state index contributed by atoms with van der Waals surface area (Å²) in [6.07, 6.45) is 7.65. The summed E-state index contributed by atoms with van der Waals surface area (Å²) in [6.45, 7) is 17.4. The second kappa shape index (κ2) is 25.8. The van der Waals surface area contributed by atoms with Crippen LogP contribution in [0.3, 0.4) is 0 Å². The van der Waals surface area contributed by atoms with Crippen molar-refractivity contribution < 1.29 is 24.6 Å². The third kappa shape index (κ3) is 24.0. The molecule has 0 radical (unpaired) electrons. The monoisotopic (exact) mass is 470 g/mol. The summed E-state index contributed by atoms with van der Waals surface area (Å²) in [5.41, 5.74) is 0.583. The van der Waals surface area contributed by atoms with Crippen molar-refractivity contribution in [3.8, 4) is 0 Å². The van der Waals surface area contributed by atoms with Gasteiger partial charge in [0.2, 0.25) is 5.91 Å². The zero-order valence-electron chi connectivity index (χ0n) is 21.4. The van der Waals surface area contributed by atoms with Crippen LogP contribution in [0.1, 0.15) is 48.0 Å². The summed E-state index contributed by atoms with van der Waals surface area (Å²) in [7, 11) is 0. The minimum atomic E-state index is -1.05. The Labute approximate surface area is 200 Å². The number of hydrogen-bond acceptors (Lipinski definition) is 6. The predicted octanol–water partition coefficient (Wildman–Crippen LogP) is 2.57. The normalized spacial score (nSPS) is 10.8. The molecular weight excluding hydrogens is 424 g/mol. The van der Waals surface area contributed by atoms with Gasteiger partial charge in [-0.05, 0) is 26.0 Å². The van der Waals surface area contributed by atoms with Crippen molar-refractivity contribution in [3.63, 3.8) is 0 Å². The molecule has 0 unspecified atom stereocenters. The quantitative estimate of drug-likeness (QED) is 0.189.